The minimum absolute atomic E-state index is 0.156. The van der Waals surface area contributed by atoms with Crippen LogP contribution in [0.3, 0.4) is 0 Å². The summed E-state index contributed by atoms with van der Waals surface area (Å²) in [4.78, 5) is 13.9. The lowest BCUT2D eigenvalue weighted by molar-refractivity contribution is -0.152. The summed E-state index contributed by atoms with van der Waals surface area (Å²) < 4.78 is 5.05. The van der Waals surface area contributed by atoms with E-state index in [4.69, 9.17) is 4.74 Å². The second kappa shape index (κ2) is 3.54. The summed E-state index contributed by atoms with van der Waals surface area (Å²) in [6.07, 6.45) is 2.38. The van der Waals surface area contributed by atoms with Crippen LogP contribution in [0.5, 0.6) is 0 Å². The van der Waals surface area contributed by atoms with E-state index < -0.39 is 0 Å². The number of hydrogen-bond donors (Lipinski definition) is 0. The first-order valence-electron chi connectivity index (χ1n) is 5.45. The van der Waals surface area contributed by atoms with Crippen LogP contribution in [0.4, 0.5) is 0 Å². The van der Waals surface area contributed by atoms with Crippen LogP contribution in [-0.4, -0.2) is 37.1 Å². The molecule has 2 heterocycles. The zero-order chi connectivity index (χ0) is 10.2. The molecule has 2 aliphatic rings. The van der Waals surface area contributed by atoms with Crippen LogP contribution in [0.15, 0.2) is 0 Å². The monoisotopic (exact) mass is 197 g/mol. The normalized spacial score (nSPS) is 27.1. The first kappa shape index (κ1) is 9.97. The van der Waals surface area contributed by atoms with E-state index in [0.717, 1.165) is 19.5 Å². The molecule has 0 spiro atoms. The van der Waals surface area contributed by atoms with Gasteiger partial charge in [-0.25, -0.2) is 0 Å². The number of carbonyl (C=O) groups excluding carboxylic acids is 1. The van der Waals surface area contributed by atoms with Crippen molar-refractivity contribution in [2.45, 2.75) is 26.7 Å². The fraction of sp³-hybridized carbons (Fsp3) is 0.909. The second-order valence-electron chi connectivity index (χ2n) is 5.26. The van der Waals surface area contributed by atoms with Crippen LogP contribution in [0.1, 0.15) is 26.7 Å². The summed E-state index contributed by atoms with van der Waals surface area (Å²) in [5.41, 5.74) is 0.304. The Morgan fingerprint density at radius 3 is 2.64 bits per heavy atom. The summed E-state index contributed by atoms with van der Waals surface area (Å²) in [5.74, 6) is 0.466. The van der Waals surface area contributed by atoms with Gasteiger partial charge < -0.3 is 9.64 Å². The fourth-order valence-electron chi connectivity index (χ4n) is 2.25. The Morgan fingerprint density at radius 1 is 1.43 bits per heavy atom. The van der Waals surface area contributed by atoms with Gasteiger partial charge in [0.15, 0.2) is 0 Å². The van der Waals surface area contributed by atoms with Gasteiger partial charge >= 0.3 is 0 Å². The molecule has 0 aromatic carbocycles. The smallest absolute Gasteiger partial charge is 0.230 e. The molecule has 0 unspecified atom stereocenters. The Balaban J connectivity index is 1.93. The fourth-order valence-corrected chi connectivity index (χ4v) is 2.25. The molecule has 14 heavy (non-hydrogen) atoms. The molecule has 3 nitrogen and oxygen atoms in total. The average Bonchev–Trinajstić information content (AvgIpc) is 1.99. The maximum Gasteiger partial charge on any atom is 0.230 e. The highest BCUT2D eigenvalue weighted by molar-refractivity contribution is 5.79. The molecule has 80 valence electrons. The second-order valence-corrected chi connectivity index (χ2v) is 5.26. The summed E-state index contributed by atoms with van der Waals surface area (Å²) in [6.45, 7) is 7.61. The molecule has 0 N–H and O–H groups in total. The van der Waals surface area contributed by atoms with Crippen molar-refractivity contribution in [3.05, 3.63) is 0 Å². The van der Waals surface area contributed by atoms with E-state index in [9.17, 15) is 4.79 Å². The summed E-state index contributed by atoms with van der Waals surface area (Å²) >= 11 is 0. The predicted molar refractivity (Wildman–Crippen MR) is 53.9 cm³/mol. The van der Waals surface area contributed by atoms with Crippen molar-refractivity contribution in [1.82, 2.24) is 4.90 Å². The van der Waals surface area contributed by atoms with E-state index in [1.165, 1.54) is 6.42 Å². The minimum Gasteiger partial charge on any atom is -0.380 e. The Morgan fingerprint density at radius 2 is 2.14 bits per heavy atom. The maximum absolute atomic E-state index is 11.9. The van der Waals surface area contributed by atoms with Gasteiger partial charge in [-0.2, -0.15) is 0 Å². The highest BCUT2D eigenvalue weighted by atomic mass is 16.5. The first-order valence-corrected chi connectivity index (χ1v) is 5.45. The van der Waals surface area contributed by atoms with Gasteiger partial charge in [0.1, 0.15) is 0 Å². The van der Waals surface area contributed by atoms with E-state index in [0.29, 0.717) is 24.5 Å². The number of hydrogen-bond acceptors (Lipinski definition) is 2. The molecule has 0 atom stereocenters. The molecule has 0 saturated carbocycles. The molecular formula is C11H19NO2. The molecule has 0 radical (unpaired) electrons. The van der Waals surface area contributed by atoms with Crippen molar-refractivity contribution in [3.8, 4) is 0 Å². The van der Waals surface area contributed by atoms with E-state index in [-0.39, 0.29) is 5.92 Å². The largest absolute Gasteiger partial charge is 0.380 e. The van der Waals surface area contributed by atoms with Crippen LogP contribution in [0.25, 0.3) is 0 Å². The van der Waals surface area contributed by atoms with Gasteiger partial charge in [-0.1, -0.05) is 13.8 Å². The van der Waals surface area contributed by atoms with E-state index in [1.807, 2.05) is 4.90 Å². The van der Waals surface area contributed by atoms with Crippen molar-refractivity contribution >= 4 is 5.91 Å². The highest BCUT2D eigenvalue weighted by Gasteiger charge is 2.35. The lowest BCUT2D eigenvalue weighted by Crippen LogP contribution is -2.50. The minimum atomic E-state index is 0.156. The molecule has 2 aliphatic heterocycles. The number of ether oxygens (including phenoxy) is 1. The molecule has 2 fully saturated rings. The first-order chi connectivity index (χ1) is 6.58. The van der Waals surface area contributed by atoms with Crippen LogP contribution in [0.2, 0.25) is 0 Å². The molecule has 1 amide bonds. The quantitative estimate of drug-likeness (QED) is 0.633. The van der Waals surface area contributed by atoms with Crippen LogP contribution in [0, 0.1) is 11.3 Å². The highest BCUT2D eigenvalue weighted by Crippen LogP contribution is 2.29. The molecule has 0 bridgehead atoms. The zero-order valence-corrected chi connectivity index (χ0v) is 9.08. The number of amides is 1. The predicted octanol–water partition coefficient (Wildman–Crippen LogP) is 1.28. The third-order valence-electron chi connectivity index (χ3n) is 3.20. The third-order valence-corrected chi connectivity index (χ3v) is 3.20. The van der Waals surface area contributed by atoms with E-state index in [2.05, 4.69) is 13.8 Å². The van der Waals surface area contributed by atoms with Gasteiger partial charge in [-0.3, -0.25) is 4.79 Å². The molecule has 0 aliphatic carbocycles. The molecule has 0 aromatic rings. The number of rotatable bonds is 1. The number of nitrogens with zero attached hydrogens (tertiary/aromatic N) is 1. The number of carbonyl (C=O) groups is 1. The van der Waals surface area contributed by atoms with E-state index in [1.54, 1.807) is 0 Å². The van der Waals surface area contributed by atoms with Crippen LogP contribution in [-0.2, 0) is 9.53 Å². The summed E-state index contributed by atoms with van der Waals surface area (Å²) in [6, 6.07) is 0. The average molecular weight is 197 g/mol. The van der Waals surface area contributed by atoms with Gasteiger partial charge in [-0.15, -0.1) is 0 Å². The van der Waals surface area contributed by atoms with Gasteiger partial charge in [0, 0.05) is 13.1 Å². The Bertz CT molecular complexity index is 233. The van der Waals surface area contributed by atoms with Gasteiger partial charge in [0.2, 0.25) is 5.91 Å². The molecule has 2 rings (SSSR count). The number of likely N-dealkylation sites (tertiary alicyclic amines) is 1. The lowest BCUT2D eigenvalue weighted by Gasteiger charge is -2.40. The topological polar surface area (TPSA) is 29.5 Å². The molecule has 0 aromatic heterocycles. The number of piperidine rings is 1. The van der Waals surface area contributed by atoms with Crippen molar-refractivity contribution in [2.75, 3.05) is 26.3 Å². The third kappa shape index (κ3) is 1.92. The van der Waals surface area contributed by atoms with Crippen molar-refractivity contribution < 1.29 is 9.53 Å². The van der Waals surface area contributed by atoms with Crippen molar-refractivity contribution in [3.63, 3.8) is 0 Å². The summed E-state index contributed by atoms with van der Waals surface area (Å²) in [7, 11) is 0. The Labute approximate surface area is 85.4 Å². The van der Waals surface area contributed by atoms with Crippen LogP contribution >= 0.6 is 0 Å². The molecule has 3 heteroatoms. The molecular weight excluding hydrogens is 178 g/mol. The van der Waals surface area contributed by atoms with Gasteiger partial charge in [-0.05, 0) is 18.3 Å². The van der Waals surface area contributed by atoms with Gasteiger partial charge in [0.25, 0.3) is 0 Å². The van der Waals surface area contributed by atoms with Crippen molar-refractivity contribution in [1.29, 1.82) is 0 Å². The van der Waals surface area contributed by atoms with Crippen molar-refractivity contribution in [2.24, 2.45) is 11.3 Å². The van der Waals surface area contributed by atoms with Crippen LogP contribution < -0.4 is 0 Å². The van der Waals surface area contributed by atoms with Gasteiger partial charge in [0.05, 0.1) is 19.1 Å². The Hall–Kier alpha value is -0.570. The standard InChI is InChI=1S/C11H19NO2/c1-11(2)4-3-5-12(8-11)10(13)9-6-14-7-9/h9H,3-8H2,1-2H3. The lowest BCUT2D eigenvalue weighted by atomic mass is 9.83. The summed E-state index contributed by atoms with van der Waals surface area (Å²) in [5, 5.41) is 0. The molecule has 2 saturated heterocycles. The Kier molecular flexibility index (Phi) is 2.52. The van der Waals surface area contributed by atoms with E-state index >= 15 is 0 Å². The maximum atomic E-state index is 11.9. The zero-order valence-electron chi connectivity index (χ0n) is 9.08. The SMILES string of the molecule is CC1(C)CCCN(C(=O)C2COC2)C1.